The molecule has 1 atom stereocenters. The molecule has 1 amide bonds. The average molecular weight is 216 g/mol. The summed E-state index contributed by atoms with van der Waals surface area (Å²) in [6.07, 6.45) is 0.608. The fourth-order valence-electron chi connectivity index (χ4n) is 1.25. The zero-order chi connectivity index (χ0) is 12.1. The lowest BCUT2D eigenvalue weighted by atomic mass is 9.86. The predicted octanol–water partition coefficient (Wildman–Crippen LogP) is 0.591. The third kappa shape index (κ3) is 4.62. The van der Waals surface area contributed by atoms with Gasteiger partial charge >= 0.3 is 0 Å². The molecule has 0 aromatic carbocycles. The Balaban J connectivity index is 4.38. The number of likely N-dealkylation sites (N-methyl/N-ethyl adjacent to an activating group) is 1. The van der Waals surface area contributed by atoms with Crippen LogP contribution in [0.4, 0.5) is 0 Å². The smallest absolute Gasteiger partial charge is 0.240 e. The van der Waals surface area contributed by atoms with Gasteiger partial charge in [0.2, 0.25) is 5.91 Å². The Morgan fingerprint density at radius 3 is 2.33 bits per heavy atom. The number of hydrogen-bond donors (Lipinski definition) is 2. The first kappa shape index (κ1) is 14.4. The lowest BCUT2D eigenvalue weighted by molar-refractivity contribution is -0.134. The van der Waals surface area contributed by atoms with Crippen molar-refractivity contribution >= 4 is 5.91 Å². The van der Waals surface area contributed by atoms with Gasteiger partial charge in [0, 0.05) is 19.7 Å². The highest BCUT2D eigenvalue weighted by Gasteiger charge is 2.30. The largest absolute Gasteiger partial charge is 0.396 e. The number of hydrogen-bond acceptors (Lipinski definition) is 3. The Morgan fingerprint density at radius 1 is 1.47 bits per heavy atom. The molecular weight excluding hydrogens is 192 g/mol. The zero-order valence-corrected chi connectivity index (χ0v) is 10.3. The van der Waals surface area contributed by atoms with Crippen LogP contribution in [-0.2, 0) is 4.79 Å². The summed E-state index contributed by atoms with van der Waals surface area (Å²) in [5.74, 6) is -0.0292. The van der Waals surface area contributed by atoms with Crippen molar-refractivity contribution in [2.75, 3.05) is 19.7 Å². The summed E-state index contributed by atoms with van der Waals surface area (Å²) in [5.41, 5.74) is 5.67. The number of nitrogens with zero attached hydrogens (tertiary/aromatic N) is 1. The van der Waals surface area contributed by atoms with Gasteiger partial charge in [0.25, 0.3) is 0 Å². The van der Waals surface area contributed by atoms with E-state index in [1.807, 2.05) is 27.7 Å². The van der Waals surface area contributed by atoms with E-state index >= 15 is 0 Å². The summed E-state index contributed by atoms with van der Waals surface area (Å²) in [7, 11) is 0. The minimum Gasteiger partial charge on any atom is -0.396 e. The third-order valence-corrected chi connectivity index (χ3v) is 2.48. The quantitative estimate of drug-likeness (QED) is 0.707. The monoisotopic (exact) mass is 216 g/mol. The van der Waals surface area contributed by atoms with Crippen LogP contribution in [0.1, 0.15) is 34.1 Å². The molecule has 90 valence electrons. The number of aliphatic hydroxyl groups excluding tert-OH is 1. The summed E-state index contributed by atoms with van der Waals surface area (Å²) in [5, 5.41) is 8.72. The van der Waals surface area contributed by atoms with Crippen LogP contribution in [0, 0.1) is 5.41 Å². The van der Waals surface area contributed by atoms with E-state index in [1.54, 1.807) is 4.90 Å². The Kier molecular flexibility index (Phi) is 5.83. The molecule has 0 aliphatic carbocycles. The fraction of sp³-hybridized carbons (Fsp3) is 0.909. The maximum atomic E-state index is 11.9. The molecule has 0 aliphatic rings. The van der Waals surface area contributed by atoms with Crippen LogP contribution in [0.15, 0.2) is 0 Å². The van der Waals surface area contributed by atoms with Gasteiger partial charge in [0.1, 0.15) is 0 Å². The lowest BCUT2D eigenvalue weighted by Crippen LogP contribution is -2.50. The van der Waals surface area contributed by atoms with Crippen LogP contribution in [0.5, 0.6) is 0 Å². The molecule has 4 heteroatoms. The van der Waals surface area contributed by atoms with Crippen LogP contribution in [0.25, 0.3) is 0 Å². The predicted molar refractivity (Wildman–Crippen MR) is 61.4 cm³/mol. The molecule has 0 aromatic heterocycles. The highest BCUT2D eigenvalue weighted by molar-refractivity contribution is 5.82. The van der Waals surface area contributed by atoms with Crippen molar-refractivity contribution in [3.05, 3.63) is 0 Å². The highest BCUT2D eigenvalue weighted by Crippen LogP contribution is 2.19. The molecule has 3 N–H and O–H groups in total. The van der Waals surface area contributed by atoms with E-state index in [1.165, 1.54) is 0 Å². The van der Waals surface area contributed by atoms with Gasteiger partial charge in [-0.3, -0.25) is 4.79 Å². The third-order valence-electron chi connectivity index (χ3n) is 2.48. The fourth-order valence-corrected chi connectivity index (χ4v) is 1.25. The molecule has 0 aliphatic heterocycles. The van der Waals surface area contributed by atoms with Gasteiger partial charge in [-0.1, -0.05) is 20.8 Å². The average Bonchev–Trinajstić information content (AvgIpc) is 2.16. The zero-order valence-electron chi connectivity index (χ0n) is 10.3. The Labute approximate surface area is 92.4 Å². The van der Waals surface area contributed by atoms with E-state index in [9.17, 15) is 4.79 Å². The molecule has 15 heavy (non-hydrogen) atoms. The van der Waals surface area contributed by atoms with E-state index in [0.29, 0.717) is 19.5 Å². The Hall–Kier alpha value is -0.610. The minimum atomic E-state index is -0.476. The summed E-state index contributed by atoms with van der Waals surface area (Å²) < 4.78 is 0. The van der Waals surface area contributed by atoms with Crippen LogP contribution in [-0.4, -0.2) is 41.7 Å². The summed E-state index contributed by atoms with van der Waals surface area (Å²) in [4.78, 5) is 13.6. The highest BCUT2D eigenvalue weighted by atomic mass is 16.3. The summed E-state index contributed by atoms with van der Waals surface area (Å²) in [6.45, 7) is 9.11. The number of carbonyl (C=O) groups excluding carboxylic acids is 1. The van der Waals surface area contributed by atoms with E-state index in [2.05, 4.69) is 0 Å². The van der Waals surface area contributed by atoms with E-state index in [4.69, 9.17) is 10.8 Å². The van der Waals surface area contributed by atoms with Crippen molar-refractivity contribution in [2.45, 2.75) is 40.2 Å². The van der Waals surface area contributed by atoms with Crippen molar-refractivity contribution in [3.63, 3.8) is 0 Å². The number of rotatable bonds is 5. The van der Waals surface area contributed by atoms with Crippen molar-refractivity contribution in [2.24, 2.45) is 11.1 Å². The van der Waals surface area contributed by atoms with Gasteiger partial charge < -0.3 is 15.7 Å². The first-order valence-electron chi connectivity index (χ1n) is 5.49. The molecule has 0 saturated heterocycles. The van der Waals surface area contributed by atoms with Crippen molar-refractivity contribution in [1.29, 1.82) is 0 Å². The maximum Gasteiger partial charge on any atom is 0.240 e. The van der Waals surface area contributed by atoms with Gasteiger partial charge in [0.15, 0.2) is 0 Å². The molecular formula is C11H24N2O2. The second kappa shape index (κ2) is 6.08. The number of aliphatic hydroxyl groups is 1. The first-order chi connectivity index (χ1) is 6.84. The molecule has 0 heterocycles. The second-order valence-electron chi connectivity index (χ2n) is 4.84. The van der Waals surface area contributed by atoms with Gasteiger partial charge in [-0.05, 0) is 18.8 Å². The number of carbonyl (C=O) groups is 1. The Bertz CT molecular complexity index is 199. The molecule has 4 nitrogen and oxygen atoms in total. The van der Waals surface area contributed by atoms with Gasteiger partial charge in [-0.25, -0.2) is 0 Å². The van der Waals surface area contributed by atoms with Crippen molar-refractivity contribution < 1.29 is 9.90 Å². The molecule has 1 unspecified atom stereocenters. The van der Waals surface area contributed by atoms with Crippen LogP contribution < -0.4 is 5.73 Å². The number of amides is 1. The standard InChI is InChI=1S/C11H24N2O2/c1-5-13(7-6-8-14)10(15)9(12)11(2,3)4/h9,14H,5-8,12H2,1-4H3. The molecule has 0 spiro atoms. The summed E-state index contributed by atoms with van der Waals surface area (Å²) >= 11 is 0. The van der Waals surface area contributed by atoms with Crippen molar-refractivity contribution in [3.8, 4) is 0 Å². The van der Waals surface area contributed by atoms with E-state index < -0.39 is 6.04 Å². The van der Waals surface area contributed by atoms with E-state index in [-0.39, 0.29) is 17.9 Å². The molecule has 0 rings (SSSR count). The summed E-state index contributed by atoms with van der Waals surface area (Å²) in [6, 6.07) is -0.476. The van der Waals surface area contributed by atoms with E-state index in [0.717, 1.165) is 0 Å². The molecule has 0 fully saturated rings. The van der Waals surface area contributed by atoms with Gasteiger partial charge in [-0.2, -0.15) is 0 Å². The van der Waals surface area contributed by atoms with Gasteiger partial charge in [-0.15, -0.1) is 0 Å². The molecule has 0 aromatic rings. The van der Waals surface area contributed by atoms with Gasteiger partial charge in [0.05, 0.1) is 6.04 Å². The lowest BCUT2D eigenvalue weighted by Gasteiger charge is -2.31. The van der Waals surface area contributed by atoms with Crippen LogP contribution in [0.3, 0.4) is 0 Å². The van der Waals surface area contributed by atoms with Crippen LogP contribution in [0.2, 0.25) is 0 Å². The Morgan fingerprint density at radius 2 is 2.00 bits per heavy atom. The van der Waals surface area contributed by atoms with Crippen molar-refractivity contribution in [1.82, 2.24) is 4.90 Å². The maximum absolute atomic E-state index is 11.9. The molecule has 0 radical (unpaired) electrons. The molecule has 0 saturated carbocycles. The minimum absolute atomic E-state index is 0.0292. The molecule has 0 bridgehead atoms. The first-order valence-corrected chi connectivity index (χ1v) is 5.49. The SMILES string of the molecule is CCN(CCCO)C(=O)C(N)C(C)(C)C. The second-order valence-corrected chi connectivity index (χ2v) is 4.84. The normalized spacial score (nSPS) is 13.7. The topological polar surface area (TPSA) is 66.6 Å². The number of nitrogens with two attached hydrogens (primary N) is 1. The van der Waals surface area contributed by atoms with Crippen LogP contribution >= 0.6 is 0 Å².